The minimum absolute atomic E-state index is 0.107. The molecule has 1 aromatic carbocycles. The third-order valence-electron chi connectivity index (χ3n) is 3.57. The molecule has 2 aromatic heterocycles. The van der Waals surface area contributed by atoms with Crippen molar-refractivity contribution >= 4 is 16.8 Å². The second-order valence-corrected chi connectivity index (χ2v) is 5.37. The highest BCUT2D eigenvalue weighted by atomic mass is 16.3. The Bertz CT molecular complexity index is 834. The zero-order valence-corrected chi connectivity index (χ0v) is 12.7. The molecule has 1 atom stereocenters. The molecule has 1 amide bonds. The maximum Gasteiger partial charge on any atom is 0.252 e. The fourth-order valence-electron chi connectivity index (χ4n) is 2.37. The summed E-state index contributed by atoms with van der Waals surface area (Å²) in [6.07, 6.45) is 3.41. The zero-order valence-electron chi connectivity index (χ0n) is 12.7. The van der Waals surface area contributed by atoms with Gasteiger partial charge < -0.3 is 10.4 Å². The molecule has 0 bridgehead atoms. The van der Waals surface area contributed by atoms with E-state index in [9.17, 15) is 4.79 Å². The SMILES string of the molecule is CC(CO)NC(=O)c1cc(-c2cccnc2)nc2ccccc12. The molecule has 1 unspecified atom stereocenters. The van der Waals surface area contributed by atoms with Crippen molar-refractivity contribution in [3.05, 3.63) is 60.4 Å². The second-order valence-electron chi connectivity index (χ2n) is 5.37. The lowest BCUT2D eigenvalue weighted by molar-refractivity contribution is 0.0924. The summed E-state index contributed by atoms with van der Waals surface area (Å²) < 4.78 is 0. The number of carbonyl (C=O) groups excluding carboxylic acids is 1. The van der Waals surface area contributed by atoms with Gasteiger partial charge in [0.15, 0.2) is 0 Å². The summed E-state index contributed by atoms with van der Waals surface area (Å²) in [4.78, 5) is 21.3. The molecule has 23 heavy (non-hydrogen) atoms. The van der Waals surface area contributed by atoms with Crippen molar-refractivity contribution in [3.8, 4) is 11.3 Å². The van der Waals surface area contributed by atoms with Crippen LogP contribution in [0.25, 0.3) is 22.2 Å². The van der Waals surface area contributed by atoms with Gasteiger partial charge in [-0.2, -0.15) is 0 Å². The smallest absolute Gasteiger partial charge is 0.252 e. The van der Waals surface area contributed by atoms with Crippen LogP contribution in [0, 0.1) is 0 Å². The molecule has 2 N–H and O–H groups in total. The first-order valence-electron chi connectivity index (χ1n) is 7.41. The van der Waals surface area contributed by atoms with Crippen LogP contribution in [-0.4, -0.2) is 33.6 Å². The van der Waals surface area contributed by atoms with Crippen LogP contribution in [0.3, 0.4) is 0 Å². The summed E-state index contributed by atoms with van der Waals surface area (Å²) in [5.41, 5.74) is 2.83. The van der Waals surface area contributed by atoms with Crippen LogP contribution in [-0.2, 0) is 0 Å². The number of pyridine rings is 2. The van der Waals surface area contributed by atoms with E-state index >= 15 is 0 Å². The molecule has 0 radical (unpaired) electrons. The quantitative estimate of drug-likeness (QED) is 0.776. The van der Waals surface area contributed by atoms with Gasteiger partial charge in [-0.25, -0.2) is 4.98 Å². The van der Waals surface area contributed by atoms with E-state index < -0.39 is 0 Å². The zero-order chi connectivity index (χ0) is 16.2. The minimum atomic E-state index is -0.309. The maximum atomic E-state index is 12.5. The van der Waals surface area contributed by atoms with Gasteiger partial charge in [0, 0.05) is 29.4 Å². The second kappa shape index (κ2) is 6.54. The molecule has 2 heterocycles. The molecule has 0 aliphatic carbocycles. The summed E-state index contributed by atoms with van der Waals surface area (Å²) in [5, 5.41) is 12.7. The number of rotatable bonds is 4. The Labute approximate surface area is 134 Å². The van der Waals surface area contributed by atoms with Crippen LogP contribution in [0.1, 0.15) is 17.3 Å². The van der Waals surface area contributed by atoms with Crippen molar-refractivity contribution in [2.75, 3.05) is 6.61 Å². The molecule has 0 spiro atoms. The lowest BCUT2D eigenvalue weighted by Crippen LogP contribution is -2.35. The van der Waals surface area contributed by atoms with Gasteiger partial charge in [-0.05, 0) is 31.2 Å². The van der Waals surface area contributed by atoms with Crippen LogP contribution < -0.4 is 5.32 Å². The average molecular weight is 307 g/mol. The number of nitrogens with zero attached hydrogens (tertiary/aromatic N) is 2. The molecule has 3 rings (SSSR count). The fraction of sp³-hybridized carbons (Fsp3) is 0.167. The van der Waals surface area contributed by atoms with Crippen LogP contribution in [0.5, 0.6) is 0 Å². The van der Waals surface area contributed by atoms with Crippen molar-refractivity contribution in [1.82, 2.24) is 15.3 Å². The topological polar surface area (TPSA) is 75.1 Å². The predicted octanol–water partition coefficient (Wildman–Crippen LogP) is 2.41. The summed E-state index contributed by atoms with van der Waals surface area (Å²) in [5.74, 6) is -0.227. The van der Waals surface area contributed by atoms with Gasteiger partial charge in [-0.1, -0.05) is 18.2 Å². The summed E-state index contributed by atoms with van der Waals surface area (Å²) >= 11 is 0. The van der Waals surface area contributed by atoms with E-state index in [0.29, 0.717) is 11.3 Å². The average Bonchev–Trinajstić information content (AvgIpc) is 2.61. The number of aromatic nitrogens is 2. The van der Waals surface area contributed by atoms with Gasteiger partial charge in [-0.3, -0.25) is 9.78 Å². The molecule has 5 nitrogen and oxygen atoms in total. The number of benzene rings is 1. The molecule has 5 heteroatoms. The van der Waals surface area contributed by atoms with Gasteiger partial charge in [0.1, 0.15) is 0 Å². The van der Waals surface area contributed by atoms with Crippen LogP contribution in [0.15, 0.2) is 54.9 Å². The van der Waals surface area contributed by atoms with Crippen molar-refractivity contribution in [3.63, 3.8) is 0 Å². The van der Waals surface area contributed by atoms with E-state index in [4.69, 9.17) is 5.11 Å². The standard InChI is InChI=1S/C18H17N3O2/c1-12(11-22)20-18(23)15-9-17(13-5-4-8-19-10-13)21-16-7-3-2-6-14(15)16/h2-10,12,22H,11H2,1H3,(H,20,23). The van der Waals surface area contributed by atoms with E-state index in [2.05, 4.69) is 15.3 Å². The largest absolute Gasteiger partial charge is 0.394 e. The first kappa shape index (κ1) is 15.1. The molecule has 0 aliphatic heterocycles. The first-order valence-corrected chi connectivity index (χ1v) is 7.41. The van der Waals surface area contributed by atoms with Gasteiger partial charge >= 0.3 is 0 Å². The van der Waals surface area contributed by atoms with Gasteiger partial charge in [0.2, 0.25) is 0 Å². The monoisotopic (exact) mass is 307 g/mol. The highest BCUT2D eigenvalue weighted by molar-refractivity contribution is 6.07. The predicted molar refractivity (Wildman–Crippen MR) is 89.0 cm³/mol. The number of amides is 1. The Kier molecular flexibility index (Phi) is 4.30. The Morgan fingerprint density at radius 1 is 1.26 bits per heavy atom. The number of nitrogens with one attached hydrogen (secondary N) is 1. The highest BCUT2D eigenvalue weighted by Gasteiger charge is 2.15. The Balaban J connectivity index is 2.13. The Hall–Kier alpha value is -2.79. The fourth-order valence-corrected chi connectivity index (χ4v) is 2.37. The van der Waals surface area contributed by atoms with Crippen molar-refractivity contribution in [1.29, 1.82) is 0 Å². The molecular formula is C18H17N3O2. The number of para-hydroxylation sites is 1. The number of aliphatic hydroxyl groups is 1. The molecule has 116 valence electrons. The lowest BCUT2D eigenvalue weighted by Gasteiger charge is -2.13. The van der Waals surface area contributed by atoms with E-state index in [0.717, 1.165) is 16.5 Å². The van der Waals surface area contributed by atoms with Crippen molar-refractivity contribution < 1.29 is 9.90 Å². The van der Waals surface area contributed by atoms with Crippen LogP contribution in [0.4, 0.5) is 0 Å². The third kappa shape index (κ3) is 3.19. The van der Waals surface area contributed by atoms with E-state index in [1.165, 1.54) is 0 Å². The Morgan fingerprint density at radius 2 is 2.09 bits per heavy atom. The lowest BCUT2D eigenvalue weighted by atomic mass is 10.0. The molecule has 0 saturated carbocycles. The number of hydrogen-bond donors (Lipinski definition) is 2. The summed E-state index contributed by atoms with van der Waals surface area (Å²) in [6.45, 7) is 1.65. The normalized spacial score (nSPS) is 12.1. The third-order valence-corrected chi connectivity index (χ3v) is 3.57. The maximum absolute atomic E-state index is 12.5. The summed E-state index contributed by atoms with van der Waals surface area (Å²) in [6, 6.07) is 12.7. The summed E-state index contributed by atoms with van der Waals surface area (Å²) in [7, 11) is 0. The minimum Gasteiger partial charge on any atom is -0.394 e. The van der Waals surface area contributed by atoms with E-state index in [1.807, 2.05) is 36.4 Å². The van der Waals surface area contributed by atoms with Crippen LogP contribution >= 0.6 is 0 Å². The van der Waals surface area contributed by atoms with Crippen molar-refractivity contribution in [2.45, 2.75) is 13.0 Å². The number of hydrogen-bond acceptors (Lipinski definition) is 4. The van der Waals surface area contributed by atoms with Gasteiger partial charge in [0.25, 0.3) is 5.91 Å². The Morgan fingerprint density at radius 3 is 2.83 bits per heavy atom. The highest BCUT2D eigenvalue weighted by Crippen LogP contribution is 2.24. The molecule has 0 fully saturated rings. The molecule has 0 saturated heterocycles. The van der Waals surface area contributed by atoms with E-state index in [1.54, 1.807) is 25.4 Å². The molecule has 3 aromatic rings. The number of aliphatic hydroxyl groups excluding tert-OH is 1. The molecular weight excluding hydrogens is 290 g/mol. The number of carbonyl (C=O) groups is 1. The van der Waals surface area contributed by atoms with Gasteiger partial charge in [0.05, 0.1) is 23.4 Å². The van der Waals surface area contributed by atoms with Crippen LogP contribution in [0.2, 0.25) is 0 Å². The number of fused-ring (bicyclic) bond motifs is 1. The van der Waals surface area contributed by atoms with Crippen molar-refractivity contribution in [2.24, 2.45) is 0 Å². The van der Waals surface area contributed by atoms with E-state index in [-0.39, 0.29) is 18.6 Å². The first-order chi connectivity index (χ1) is 11.2. The molecule has 0 aliphatic rings. The van der Waals surface area contributed by atoms with Gasteiger partial charge in [-0.15, -0.1) is 0 Å².